The minimum atomic E-state index is 0.0609. The number of aromatic nitrogens is 2. The molecule has 1 aliphatic rings. The molecule has 0 bridgehead atoms. The van der Waals surface area contributed by atoms with Gasteiger partial charge in [0, 0.05) is 27.4 Å². The first kappa shape index (κ1) is 35.4. The highest BCUT2D eigenvalue weighted by molar-refractivity contribution is 6.11. The van der Waals surface area contributed by atoms with E-state index < -0.39 is 0 Å². The number of fused-ring (bicyclic) bond motifs is 6. The van der Waals surface area contributed by atoms with Gasteiger partial charge in [0.1, 0.15) is 0 Å². The molecule has 4 aromatic carbocycles. The van der Waals surface area contributed by atoms with E-state index in [1.807, 2.05) is 0 Å². The van der Waals surface area contributed by atoms with Gasteiger partial charge in [-0.25, -0.2) is 0 Å². The van der Waals surface area contributed by atoms with Crippen LogP contribution in [0.25, 0.3) is 50.2 Å². The van der Waals surface area contributed by atoms with Crippen LogP contribution < -0.4 is 0 Å². The summed E-state index contributed by atoms with van der Waals surface area (Å²) in [5.74, 6) is 0. The third kappa shape index (κ3) is 5.78. The normalized spacial score (nSPS) is 14.5. The Morgan fingerprint density at radius 2 is 1.00 bits per heavy atom. The summed E-state index contributed by atoms with van der Waals surface area (Å²) in [6, 6.07) is 24.0. The number of aryl methyl sites for hydroxylation is 2. The minimum Gasteiger partial charge on any atom is -0.312 e. The van der Waals surface area contributed by atoms with Gasteiger partial charge in [-0.1, -0.05) is 119 Å². The molecule has 1 aliphatic carbocycles. The predicted molar refractivity (Wildman–Crippen MR) is 224 cm³/mol. The van der Waals surface area contributed by atoms with Crippen LogP contribution in [0.2, 0.25) is 0 Å². The predicted octanol–water partition coefficient (Wildman–Crippen LogP) is 13.9. The quantitative estimate of drug-likeness (QED) is 0.173. The molecule has 7 rings (SSSR count). The smallest absolute Gasteiger partial charge is 0.0570 e. The molecule has 2 heterocycles. The van der Waals surface area contributed by atoms with Gasteiger partial charge >= 0.3 is 0 Å². The van der Waals surface area contributed by atoms with Crippen LogP contribution in [-0.4, -0.2) is 9.13 Å². The second-order valence-electron chi connectivity index (χ2n) is 19.7. The van der Waals surface area contributed by atoms with Crippen LogP contribution in [0.4, 0.5) is 0 Å². The molecular formula is C49H60N2. The van der Waals surface area contributed by atoms with Crippen molar-refractivity contribution in [1.82, 2.24) is 9.13 Å². The molecule has 0 radical (unpaired) electrons. The van der Waals surface area contributed by atoms with E-state index in [9.17, 15) is 0 Å². The van der Waals surface area contributed by atoms with Crippen LogP contribution in [0.3, 0.4) is 0 Å². The van der Waals surface area contributed by atoms with E-state index in [4.69, 9.17) is 0 Å². The maximum Gasteiger partial charge on any atom is 0.0570 e. The van der Waals surface area contributed by atoms with Gasteiger partial charge < -0.3 is 9.13 Å². The van der Waals surface area contributed by atoms with E-state index in [0.717, 1.165) is 12.8 Å². The fourth-order valence-electron chi connectivity index (χ4n) is 8.48. The molecule has 2 nitrogen and oxygen atoms in total. The SMILES string of the molecule is Cc1c(-n2c3c(c4cc(C(C)(C)C)cc(C)c42)C=C(C(C)(C)C)CC3)cccc1-n1c2ccc(C(C)(C)C)cc2c2cc(C(C)(C)C)cc(C)c21. The zero-order valence-electron chi connectivity index (χ0n) is 34.2. The van der Waals surface area contributed by atoms with Gasteiger partial charge in [0.05, 0.1) is 27.9 Å². The topological polar surface area (TPSA) is 9.86 Å². The second-order valence-corrected chi connectivity index (χ2v) is 19.7. The van der Waals surface area contributed by atoms with Crippen LogP contribution in [0.15, 0.2) is 66.2 Å². The Morgan fingerprint density at radius 1 is 0.490 bits per heavy atom. The zero-order chi connectivity index (χ0) is 37.2. The van der Waals surface area contributed by atoms with Crippen molar-refractivity contribution >= 4 is 38.8 Å². The maximum absolute atomic E-state index is 2.64. The summed E-state index contributed by atoms with van der Waals surface area (Å²) < 4.78 is 5.20. The first-order valence-electron chi connectivity index (χ1n) is 19.2. The van der Waals surface area contributed by atoms with E-state index in [-0.39, 0.29) is 21.7 Å². The summed E-state index contributed by atoms with van der Waals surface area (Å²) in [5.41, 5.74) is 19.3. The first-order valence-corrected chi connectivity index (χ1v) is 19.2. The molecule has 51 heavy (non-hydrogen) atoms. The van der Waals surface area contributed by atoms with Crippen LogP contribution in [0.1, 0.15) is 134 Å². The maximum atomic E-state index is 2.64. The first-order chi connectivity index (χ1) is 23.6. The molecule has 2 aromatic heterocycles. The van der Waals surface area contributed by atoms with Gasteiger partial charge in [-0.05, 0) is 125 Å². The molecule has 0 N–H and O–H groups in total. The standard InChI is InChI=1S/C49H60N2/c1-29-23-34(48(10,11)12)27-38-36-25-32(46(4,5)6)19-21-42(36)50(44(29)38)40-17-16-18-41(31(40)3)51-43-22-20-33(47(7,8)9)26-37(43)39-28-35(49(13,14)15)24-30(2)45(39)51/h16-19,21,23-28H,20,22H2,1-15H3. The Bertz CT molecular complexity index is 2410. The van der Waals surface area contributed by atoms with Crippen molar-refractivity contribution in [1.29, 1.82) is 0 Å². The van der Waals surface area contributed by atoms with E-state index in [1.165, 1.54) is 88.7 Å². The largest absolute Gasteiger partial charge is 0.312 e. The van der Waals surface area contributed by atoms with Crippen molar-refractivity contribution in [2.75, 3.05) is 0 Å². The fraction of sp³-hybridized carbons (Fsp3) is 0.429. The Hall–Kier alpha value is -4.04. The fourth-order valence-corrected chi connectivity index (χ4v) is 8.48. The van der Waals surface area contributed by atoms with Crippen molar-refractivity contribution in [3.63, 3.8) is 0 Å². The summed E-state index contributed by atoms with van der Waals surface area (Å²) in [4.78, 5) is 0. The van der Waals surface area contributed by atoms with Crippen molar-refractivity contribution in [3.05, 3.63) is 111 Å². The lowest BCUT2D eigenvalue weighted by Crippen LogP contribution is -2.15. The molecule has 266 valence electrons. The number of rotatable bonds is 2. The summed E-state index contributed by atoms with van der Waals surface area (Å²) in [7, 11) is 0. The molecule has 0 atom stereocenters. The van der Waals surface area contributed by atoms with Crippen molar-refractivity contribution in [2.24, 2.45) is 5.41 Å². The molecular weight excluding hydrogens is 617 g/mol. The Labute approximate surface area is 307 Å². The van der Waals surface area contributed by atoms with Crippen LogP contribution in [0.5, 0.6) is 0 Å². The summed E-state index contributed by atoms with van der Waals surface area (Å²) >= 11 is 0. The Kier molecular flexibility index (Phi) is 7.96. The second kappa shape index (κ2) is 11.5. The summed E-state index contributed by atoms with van der Waals surface area (Å²) in [5, 5.41) is 4.07. The zero-order valence-corrected chi connectivity index (χ0v) is 34.2. The third-order valence-corrected chi connectivity index (χ3v) is 11.7. The van der Waals surface area contributed by atoms with Crippen LogP contribution in [0, 0.1) is 26.2 Å². The molecule has 0 amide bonds. The molecule has 0 aliphatic heterocycles. The third-order valence-electron chi connectivity index (χ3n) is 11.7. The molecule has 0 fully saturated rings. The van der Waals surface area contributed by atoms with Crippen molar-refractivity contribution in [2.45, 2.75) is 133 Å². The van der Waals surface area contributed by atoms with Crippen molar-refractivity contribution in [3.8, 4) is 11.4 Å². The van der Waals surface area contributed by atoms with Gasteiger partial charge in [-0.15, -0.1) is 0 Å². The van der Waals surface area contributed by atoms with Gasteiger partial charge in [-0.3, -0.25) is 0 Å². The highest BCUT2D eigenvalue weighted by Gasteiger charge is 2.29. The molecule has 6 aromatic rings. The highest BCUT2D eigenvalue weighted by Crippen LogP contribution is 2.45. The molecule has 0 saturated carbocycles. The molecule has 2 heteroatoms. The number of hydrogen-bond donors (Lipinski definition) is 0. The summed E-state index contributed by atoms with van der Waals surface area (Å²) in [6.07, 6.45) is 4.68. The molecule has 0 unspecified atom stereocenters. The summed E-state index contributed by atoms with van der Waals surface area (Å²) in [6.45, 7) is 35.0. The highest BCUT2D eigenvalue weighted by atomic mass is 15.0. The monoisotopic (exact) mass is 676 g/mol. The average Bonchev–Trinajstić information content (AvgIpc) is 3.52. The van der Waals surface area contributed by atoms with E-state index >= 15 is 0 Å². The number of nitrogens with zero attached hydrogens (tertiary/aromatic N) is 2. The van der Waals surface area contributed by atoms with Gasteiger partial charge in [-0.2, -0.15) is 0 Å². The van der Waals surface area contributed by atoms with Crippen LogP contribution in [-0.2, 0) is 22.7 Å². The van der Waals surface area contributed by atoms with Gasteiger partial charge in [0.15, 0.2) is 0 Å². The lowest BCUT2D eigenvalue weighted by molar-refractivity contribution is 0.483. The Morgan fingerprint density at radius 3 is 1.55 bits per heavy atom. The molecule has 0 spiro atoms. The van der Waals surface area contributed by atoms with Gasteiger partial charge in [0.25, 0.3) is 0 Å². The van der Waals surface area contributed by atoms with Crippen molar-refractivity contribution < 1.29 is 0 Å². The number of benzene rings is 4. The van der Waals surface area contributed by atoms with E-state index in [0.29, 0.717) is 0 Å². The molecule has 0 saturated heterocycles. The van der Waals surface area contributed by atoms with Gasteiger partial charge in [0.2, 0.25) is 0 Å². The lowest BCUT2D eigenvalue weighted by Gasteiger charge is -2.27. The minimum absolute atomic E-state index is 0.0609. The number of hydrogen-bond acceptors (Lipinski definition) is 0. The lowest BCUT2D eigenvalue weighted by atomic mass is 9.79. The number of allylic oxidation sites excluding steroid dienone is 1. The van der Waals surface area contributed by atoms with Crippen LogP contribution >= 0.6 is 0 Å². The van der Waals surface area contributed by atoms with E-state index in [1.54, 1.807) is 5.57 Å². The average molecular weight is 677 g/mol. The van der Waals surface area contributed by atoms with E-state index in [2.05, 4.69) is 180 Å². The Balaban J connectivity index is 1.57.